The summed E-state index contributed by atoms with van der Waals surface area (Å²) in [5.74, 6) is -0.0347. The van der Waals surface area contributed by atoms with Crippen molar-refractivity contribution in [1.29, 1.82) is 0 Å². The topological polar surface area (TPSA) is 40.5 Å². The van der Waals surface area contributed by atoms with Crippen molar-refractivity contribution < 1.29 is 10.0 Å². The monoisotopic (exact) mass is 129 g/mol. The molecule has 1 saturated heterocycles. The maximum absolute atomic E-state index is 10.8. The molecule has 1 fully saturated rings. The third kappa shape index (κ3) is 1.05. The fourth-order valence-corrected chi connectivity index (χ4v) is 1.10. The summed E-state index contributed by atoms with van der Waals surface area (Å²) in [7, 11) is 0. The van der Waals surface area contributed by atoms with E-state index in [0.29, 0.717) is 6.54 Å². The molecule has 1 aliphatic heterocycles. The summed E-state index contributed by atoms with van der Waals surface area (Å²) in [6.45, 7) is 2.47. The minimum atomic E-state index is -0.113. The summed E-state index contributed by atoms with van der Waals surface area (Å²) in [4.78, 5) is 10.8. The number of carbonyl (C=O) groups excluding carboxylic acids is 1. The lowest BCUT2D eigenvalue weighted by atomic mass is 10.1. The number of rotatable bonds is 1. The average molecular weight is 129 g/mol. The van der Waals surface area contributed by atoms with Gasteiger partial charge in [0.15, 0.2) is 0 Å². The molecule has 52 valence electrons. The number of nitrogens with zero attached hydrogens (tertiary/aromatic N) is 1. The Morgan fingerprint density at radius 3 is 2.78 bits per heavy atom. The van der Waals surface area contributed by atoms with Crippen molar-refractivity contribution in [2.45, 2.75) is 19.8 Å². The molecule has 1 N–H and O–H groups in total. The molecule has 0 aromatic rings. The van der Waals surface area contributed by atoms with Crippen LogP contribution in [-0.2, 0) is 4.79 Å². The summed E-state index contributed by atoms with van der Waals surface area (Å²) in [6, 6.07) is 0. The summed E-state index contributed by atoms with van der Waals surface area (Å²) < 4.78 is 0. The van der Waals surface area contributed by atoms with E-state index >= 15 is 0 Å². The predicted molar refractivity (Wildman–Crippen MR) is 31.9 cm³/mol. The van der Waals surface area contributed by atoms with Crippen molar-refractivity contribution >= 4 is 5.91 Å². The molecule has 1 atom stereocenters. The second kappa shape index (κ2) is 2.35. The summed E-state index contributed by atoms with van der Waals surface area (Å²) in [5, 5.41) is 9.60. The molecule has 1 unspecified atom stereocenters. The van der Waals surface area contributed by atoms with Gasteiger partial charge in [0.25, 0.3) is 0 Å². The molecular weight excluding hydrogens is 118 g/mol. The number of hydrogen-bond acceptors (Lipinski definition) is 2. The van der Waals surface area contributed by atoms with Gasteiger partial charge >= 0.3 is 0 Å². The van der Waals surface area contributed by atoms with Crippen LogP contribution in [0.2, 0.25) is 0 Å². The highest BCUT2D eigenvalue weighted by Crippen LogP contribution is 2.18. The molecule has 3 heteroatoms. The normalized spacial score (nSPS) is 27.6. The molecule has 0 aromatic heterocycles. The summed E-state index contributed by atoms with van der Waals surface area (Å²) in [5.41, 5.74) is 0. The Morgan fingerprint density at radius 2 is 2.56 bits per heavy atom. The minimum absolute atomic E-state index is 0.0787. The molecular formula is C6H11NO2. The Bertz CT molecular complexity index is 124. The quantitative estimate of drug-likeness (QED) is 0.527. The van der Waals surface area contributed by atoms with E-state index in [0.717, 1.165) is 17.9 Å². The Labute approximate surface area is 54.2 Å². The predicted octanol–water partition coefficient (Wildman–Crippen LogP) is 0.634. The van der Waals surface area contributed by atoms with Gasteiger partial charge in [-0.1, -0.05) is 6.92 Å². The van der Waals surface area contributed by atoms with E-state index in [9.17, 15) is 4.79 Å². The molecule has 1 amide bonds. The van der Waals surface area contributed by atoms with Gasteiger partial charge in [-0.05, 0) is 12.8 Å². The molecule has 0 bridgehead atoms. The van der Waals surface area contributed by atoms with Crippen molar-refractivity contribution in [3.8, 4) is 0 Å². The van der Waals surface area contributed by atoms with Gasteiger partial charge in [-0.25, -0.2) is 5.06 Å². The van der Waals surface area contributed by atoms with Crippen LogP contribution in [0, 0.1) is 5.92 Å². The average Bonchev–Trinajstić information content (AvgIpc) is 2.15. The van der Waals surface area contributed by atoms with Crippen molar-refractivity contribution in [1.82, 2.24) is 5.06 Å². The highest BCUT2D eigenvalue weighted by atomic mass is 16.5. The fraction of sp³-hybridized carbons (Fsp3) is 0.833. The van der Waals surface area contributed by atoms with Crippen molar-refractivity contribution in [2.24, 2.45) is 5.92 Å². The van der Waals surface area contributed by atoms with Crippen LogP contribution in [-0.4, -0.2) is 22.7 Å². The third-order valence-electron chi connectivity index (χ3n) is 1.79. The van der Waals surface area contributed by atoms with Crippen LogP contribution in [0.4, 0.5) is 0 Å². The van der Waals surface area contributed by atoms with Gasteiger partial charge in [0, 0.05) is 12.5 Å². The van der Waals surface area contributed by atoms with Gasteiger partial charge in [-0.2, -0.15) is 0 Å². The first-order valence-electron chi connectivity index (χ1n) is 3.26. The first-order valence-corrected chi connectivity index (χ1v) is 3.26. The lowest BCUT2D eigenvalue weighted by molar-refractivity contribution is -0.159. The molecule has 1 heterocycles. The molecule has 0 aromatic carbocycles. The zero-order chi connectivity index (χ0) is 6.85. The SMILES string of the molecule is CCC1CCN(O)C1=O. The van der Waals surface area contributed by atoms with E-state index in [1.54, 1.807) is 0 Å². The third-order valence-corrected chi connectivity index (χ3v) is 1.79. The molecule has 1 rings (SSSR count). The highest BCUT2D eigenvalue weighted by molar-refractivity contribution is 5.79. The summed E-state index contributed by atoms with van der Waals surface area (Å²) in [6.07, 6.45) is 1.65. The maximum Gasteiger partial charge on any atom is 0.249 e. The maximum atomic E-state index is 10.8. The van der Waals surface area contributed by atoms with E-state index in [4.69, 9.17) is 5.21 Å². The van der Waals surface area contributed by atoms with Crippen LogP contribution in [0.1, 0.15) is 19.8 Å². The Morgan fingerprint density at radius 1 is 1.89 bits per heavy atom. The van der Waals surface area contributed by atoms with Gasteiger partial charge in [0.05, 0.1) is 0 Å². The first kappa shape index (κ1) is 6.55. The van der Waals surface area contributed by atoms with Crippen LogP contribution in [0.3, 0.4) is 0 Å². The lowest BCUT2D eigenvalue weighted by Gasteiger charge is -2.04. The standard InChI is InChI=1S/C6H11NO2/c1-2-5-3-4-7(9)6(5)8/h5,9H,2-4H2,1H3. The smallest absolute Gasteiger partial charge is 0.249 e. The van der Waals surface area contributed by atoms with Crippen molar-refractivity contribution in [3.05, 3.63) is 0 Å². The molecule has 0 radical (unpaired) electrons. The zero-order valence-corrected chi connectivity index (χ0v) is 5.50. The molecule has 1 aliphatic rings. The van der Waals surface area contributed by atoms with Crippen LogP contribution < -0.4 is 0 Å². The van der Waals surface area contributed by atoms with Gasteiger partial charge in [0.1, 0.15) is 0 Å². The Kier molecular flexibility index (Phi) is 1.71. The van der Waals surface area contributed by atoms with Crippen molar-refractivity contribution in [2.75, 3.05) is 6.54 Å². The lowest BCUT2D eigenvalue weighted by Crippen LogP contribution is -2.22. The van der Waals surface area contributed by atoms with Crippen LogP contribution in [0.15, 0.2) is 0 Å². The molecule has 0 aliphatic carbocycles. The number of hydrogen-bond donors (Lipinski definition) is 1. The van der Waals surface area contributed by atoms with Crippen LogP contribution in [0.5, 0.6) is 0 Å². The number of amides is 1. The minimum Gasteiger partial charge on any atom is -0.286 e. The first-order chi connectivity index (χ1) is 4.25. The molecule has 0 spiro atoms. The van der Waals surface area contributed by atoms with Gasteiger partial charge in [0.2, 0.25) is 5.91 Å². The van der Waals surface area contributed by atoms with Gasteiger partial charge in [-0.3, -0.25) is 10.0 Å². The van der Waals surface area contributed by atoms with E-state index in [2.05, 4.69) is 0 Å². The zero-order valence-electron chi connectivity index (χ0n) is 5.50. The van der Waals surface area contributed by atoms with E-state index in [-0.39, 0.29) is 11.8 Å². The van der Waals surface area contributed by atoms with Crippen LogP contribution >= 0.6 is 0 Å². The second-order valence-electron chi connectivity index (χ2n) is 2.36. The van der Waals surface area contributed by atoms with Crippen molar-refractivity contribution in [3.63, 3.8) is 0 Å². The number of hydroxylamine groups is 2. The molecule has 0 saturated carbocycles. The largest absolute Gasteiger partial charge is 0.286 e. The summed E-state index contributed by atoms with van der Waals surface area (Å²) >= 11 is 0. The van der Waals surface area contributed by atoms with Gasteiger partial charge in [-0.15, -0.1) is 0 Å². The second-order valence-corrected chi connectivity index (χ2v) is 2.36. The molecule has 9 heavy (non-hydrogen) atoms. The van der Waals surface area contributed by atoms with E-state index < -0.39 is 0 Å². The Hall–Kier alpha value is -0.570. The molecule has 3 nitrogen and oxygen atoms in total. The fourth-order valence-electron chi connectivity index (χ4n) is 1.10. The number of carbonyl (C=O) groups is 1. The highest BCUT2D eigenvalue weighted by Gasteiger charge is 2.28. The van der Waals surface area contributed by atoms with E-state index in [1.807, 2.05) is 6.92 Å². The van der Waals surface area contributed by atoms with E-state index in [1.165, 1.54) is 0 Å². The van der Waals surface area contributed by atoms with Crippen LogP contribution in [0.25, 0.3) is 0 Å². The van der Waals surface area contributed by atoms with Gasteiger partial charge < -0.3 is 0 Å². The Balaban J connectivity index is 2.51.